The summed E-state index contributed by atoms with van der Waals surface area (Å²) in [4.78, 5) is 0. The third kappa shape index (κ3) is 4.56. The molecule has 1 aromatic carbocycles. The Bertz CT molecular complexity index is 388. The minimum Gasteiger partial charge on any atom is -0.383 e. The zero-order valence-corrected chi connectivity index (χ0v) is 10.8. The van der Waals surface area contributed by atoms with Crippen molar-refractivity contribution in [3.05, 3.63) is 29.3 Å². The quantitative estimate of drug-likeness (QED) is 0.813. The lowest BCUT2D eigenvalue weighted by Gasteiger charge is -2.14. The number of nitrogens with one attached hydrogen (secondary N) is 1. The molecular formula is C13H18F3NO. The molecular weight excluding hydrogens is 243 g/mol. The highest BCUT2D eigenvalue weighted by Crippen LogP contribution is 2.31. The molecule has 18 heavy (non-hydrogen) atoms. The van der Waals surface area contributed by atoms with E-state index in [4.69, 9.17) is 4.74 Å². The standard InChI is InChI=1S/C13H18F3NO/c1-9(2)18-7-6-17-12-8-11(13(14,15)16)5-4-10(12)3/h4-5,8-9,17H,6-7H2,1-3H3. The van der Waals surface area contributed by atoms with Crippen molar-refractivity contribution < 1.29 is 17.9 Å². The Kier molecular flexibility index (Phi) is 5.02. The summed E-state index contributed by atoms with van der Waals surface area (Å²) in [5.41, 5.74) is 0.644. The fraction of sp³-hybridized carbons (Fsp3) is 0.538. The minimum absolute atomic E-state index is 0.120. The van der Waals surface area contributed by atoms with Crippen LogP contribution in [0.5, 0.6) is 0 Å². The van der Waals surface area contributed by atoms with E-state index in [2.05, 4.69) is 5.32 Å². The Morgan fingerprint density at radius 3 is 2.50 bits per heavy atom. The second-order valence-electron chi connectivity index (χ2n) is 4.37. The summed E-state index contributed by atoms with van der Waals surface area (Å²) in [6.07, 6.45) is -4.19. The second-order valence-corrected chi connectivity index (χ2v) is 4.37. The van der Waals surface area contributed by atoms with Gasteiger partial charge in [0.1, 0.15) is 0 Å². The zero-order valence-electron chi connectivity index (χ0n) is 10.8. The number of rotatable bonds is 5. The molecule has 1 rings (SSSR count). The third-order valence-corrected chi connectivity index (χ3v) is 2.43. The molecule has 102 valence electrons. The molecule has 1 N–H and O–H groups in total. The topological polar surface area (TPSA) is 21.3 Å². The van der Waals surface area contributed by atoms with Crippen LogP contribution in [0.4, 0.5) is 18.9 Å². The Morgan fingerprint density at radius 2 is 1.94 bits per heavy atom. The van der Waals surface area contributed by atoms with Gasteiger partial charge in [0.2, 0.25) is 0 Å². The summed E-state index contributed by atoms with van der Waals surface area (Å²) in [5, 5.41) is 2.96. The van der Waals surface area contributed by atoms with Crippen LogP contribution >= 0.6 is 0 Å². The first kappa shape index (κ1) is 14.8. The molecule has 0 bridgehead atoms. The van der Waals surface area contributed by atoms with Gasteiger partial charge in [0.05, 0.1) is 18.3 Å². The fourth-order valence-corrected chi connectivity index (χ4v) is 1.47. The van der Waals surface area contributed by atoms with Crippen molar-refractivity contribution in [3.8, 4) is 0 Å². The predicted molar refractivity (Wildman–Crippen MR) is 65.8 cm³/mol. The van der Waals surface area contributed by atoms with E-state index in [1.807, 2.05) is 13.8 Å². The molecule has 5 heteroatoms. The molecule has 0 aromatic heterocycles. The van der Waals surface area contributed by atoms with Gasteiger partial charge in [-0.2, -0.15) is 13.2 Å². The van der Waals surface area contributed by atoms with Crippen molar-refractivity contribution >= 4 is 5.69 Å². The summed E-state index contributed by atoms with van der Waals surface area (Å²) < 4.78 is 42.9. The number of hydrogen-bond donors (Lipinski definition) is 1. The number of aryl methyl sites for hydroxylation is 1. The van der Waals surface area contributed by atoms with Crippen LogP contribution in [0.1, 0.15) is 25.0 Å². The van der Waals surface area contributed by atoms with Gasteiger partial charge in [0.15, 0.2) is 0 Å². The van der Waals surface area contributed by atoms with E-state index >= 15 is 0 Å². The van der Waals surface area contributed by atoms with Crippen LogP contribution in [0.3, 0.4) is 0 Å². The highest BCUT2D eigenvalue weighted by atomic mass is 19.4. The molecule has 0 fully saturated rings. The number of alkyl halides is 3. The maximum atomic E-state index is 12.5. The van der Waals surface area contributed by atoms with Gasteiger partial charge < -0.3 is 10.1 Å². The van der Waals surface area contributed by atoms with Crippen LogP contribution in [0.15, 0.2) is 18.2 Å². The fourth-order valence-electron chi connectivity index (χ4n) is 1.47. The van der Waals surface area contributed by atoms with Crippen molar-refractivity contribution in [3.63, 3.8) is 0 Å². The Labute approximate surface area is 105 Å². The largest absolute Gasteiger partial charge is 0.416 e. The van der Waals surface area contributed by atoms with Crippen LogP contribution in [-0.4, -0.2) is 19.3 Å². The second kappa shape index (κ2) is 6.09. The van der Waals surface area contributed by atoms with Crippen LogP contribution < -0.4 is 5.32 Å². The number of benzene rings is 1. The van der Waals surface area contributed by atoms with Gasteiger partial charge in [-0.05, 0) is 38.5 Å². The first-order valence-electron chi connectivity index (χ1n) is 5.84. The highest BCUT2D eigenvalue weighted by Gasteiger charge is 2.30. The van der Waals surface area contributed by atoms with E-state index < -0.39 is 11.7 Å². The lowest BCUT2D eigenvalue weighted by molar-refractivity contribution is -0.137. The van der Waals surface area contributed by atoms with Gasteiger partial charge in [-0.25, -0.2) is 0 Å². The smallest absolute Gasteiger partial charge is 0.383 e. The van der Waals surface area contributed by atoms with Crippen molar-refractivity contribution in [2.75, 3.05) is 18.5 Å². The van der Waals surface area contributed by atoms with Gasteiger partial charge in [-0.15, -0.1) is 0 Å². The lowest BCUT2D eigenvalue weighted by atomic mass is 10.1. The van der Waals surface area contributed by atoms with E-state index in [0.717, 1.165) is 17.7 Å². The average Bonchev–Trinajstić information content (AvgIpc) is 2.24. The number of ether oxygens (including phenoxy) is 1. The maximum absolute atomic E-state index is 12.5. The zero-order chi connectivity index (χ0) is 13.8. The molecule has 0 aliphatic carbocycles. The van der Waals surface area contributed by atoms with Crippen LogP contribution in [0.25, 0.3) is 0 Å². The van der Waals surface area contributed by atoms with Crippen LogP contribution in [0, 0.1) is 6.92 Å². The molecule has 2 nitrogen and oxygen atoms in total. The number of halogens is 3. The molecule has 0 saturated carbocycles. The highest BCUT2D eigenvalue weighted by molar-refractivity contribution is 5.53. The minimum atomic E-state index is -4.31. The van der Waals surface area contributed by atoms with Crippen LogP contribution in [0.2, 0.25) is 0 Å². The van der Waals surface area contributed by atoms with Crippen molar-refractivity contribution in [1.82, 2.24) is 0 Å². The SMILES string of the molecule is Cc1ccc(C(F)(F)F)cc1NCCOC(C)C. The van der Waals surface area contributed by atoms with E-state index in [-0.39, 0.29) is 6.10 Å². The third-order valence-electron chi connectivity index (χ3n) is 2.43. The van der Waals surface area contributed by atoms with Gasteiger partial charge in [-0.1, -0.05) is 6.07 Å². The van der Waals surface area contributed by atoms with Gasteiger partial charge in [0, 0.05) is 12.2 Å². The molecule has 0 spiro atoms. The maximum Gasteiger partial charge on any atom is 0.416 e. The molecule has 0 aliphatic heterocycles. The Morgan fingerprint density at radius 1 is 1.28 bits per heavy atom. The van der Waals surface area contributed by atoms with Crippen molar-refractivity contribution in [2.24, 2.45) is 0 Å². The number of anilines is 1. The van der Waals surface area contributed by atoms with Crippen LogP contribution in [-0.2, 0) is 10.9 Å². The van der Waals surface area contributed by atoms with Gasteiger partial charge >= 0.3 is 6.18 Å². The predicted octanol–water partition coefficient (Wildman–Crippen LogP) is 3.85. The summed E-state index contributed by atoms with van der Waals surface area (Å²) >= 11 is 0. The summed E-state index contributed by atoms with van der Waals surface area (Å²) in [6.45, 7) is 6.55. The first-order valence-corrected chi connectivity index (χ1v) is 5.84. The molecule has 0 atom stereocenters. The normalized spacial score (nSPS) is 11.9. The monoisotopic (exact) mass is 261 g/mol. The van der Waals surface area contributed by atoms with Gasteiger partial charge in [0.25, 0.3) is 0 Å². The average molecular weight is 261 g/mol. The Hall–Kier alpha value is -1.23. The van der Waals surface area contributed by atoms with E-state index in [9.17, 15) is 13.2 Å². The molecule has 0 unspecified atom stereocenters. The van der Waals surface area contributed by atoms with Crippen molar-refractivity contribution in [1.29, 1.82) is 0 Å². The van der Waals surface area contributed by atoms with E-state index in [0.29, 0.717) is 18.8 Å². The molecule has 0 heterocycles. The first-order chi connectivity index (χ1) is 8.30. The summed E-state index contributed by atoms with van der Waals surface area (Å²) in [7, 11) is 0. The van der Waals surface area contributed by atoms with E-state index in [1.54, 1.807) is 6.92 Å². The number of hydrogen-bond acceptors (Lipinski definition) is 2. The molecule has 1 aromatic rings. The molecule has 0 saturated heterocycles. The molecule has 0 radical (unpaired) electrons. The lowest BCUT2D eigenvalue weighted by Crippen LogP contribution is -2.14. The van der Waals surface area contributed by atoms with Crippen molar-refractivity contribution in [2.45, 2.75) is 33.1 Å². The van der Waals surface area contributed by atoms with Gasteiger partial charge in [-0.3, -0.25) is 0 Å². The molecule has 0 amide bonds. The van der Waals surface area contributed by atoms with E-state index in [1.165, 1.54) is 6.07 Å². The summed E-state index contributed by atoms with van der Waals surface area (Å²) in [5.74, 6) is 0. The summed E-state index contributed by atoms with van der Waals surface area (Å²) in [6, 6.07) is 3.68. The molecule has 0 aliphatic rings. The Balaban J connectivity index is 2.64.